The number of ether oxygens (including phenoxy) is 6. The van der Waals surface area contributed by atoms with Gasteiger partial charge in [-0.2, -0.15) is 0 Å². The average Bonchev–Trinajstić information content (AvgIpc) is 3.08. The molecule has 2 heterocycles. The lowest BCUT2D eigenvalue weighted by molar-refractivity contribution is -0.176. The predicted molar refractivity (Wildman–Crippen MR) is 165 cm³/mol. The lowest BCUT2D eigenvalue weighted by atomic mass is 9.91. The van der Waals surface area contributed by atoms with E-state index in [1.165, 1.54) is 26.3 Å². The van der Waals surface area contributed by atoms with Crippen LogP contribution in [0.1, 0.15) is 42.4 Å². The topological polar surface area (TPSA) is 166 Å². The van der Waals surface area contributed by atoms with Gasteiger partial charge in [-0.3, -0.25) is 14.4 Å². The number of benzene rings is 2. The molecule has 4 rings (SSSR count). The number of methoxy groups -OCH3 is 1. The van der Waals surface area contributed by atoms with Crippen LogP contribution in [0.5, 0.6) is 17.2 Å². The zero-order valence-electron chi connectivity index (χ0n) is 26.6. The summed E-state index contributed by atoms with van der Waals surface area (Å²) in [5.74, 6) is -5.06. The van der Waals surface area contributed by atoms with Gasteiger partial charge in [0.05, 0.1) is 13.0 Å². The van der Waals surface area contributed by atoms with Crippen LogP contribution < -0.4 is 19.5 Å². The van der Waals surface area contributed by atoms with Crippen molar-refractivity contribution in [2.75, 3.05) is 13.7 Å². The van der Waals surface area contributed by atoms with Crippen molar-refractivity contribution < 1.29 is 52.4 Å². The smallest absolute Gasteiger partial charge is 0.493 e. The van der Waals surface area contributed by atoms with Gasteiger partial charge in [-0.15, -0.1) is 0 Å². The SMILES string of the molecule is COc1ccnc(C(=O)NC2COC(=O)C(Cc3ccccc3)C(OC(=O)C(C)C)C(C)OC2=O)c1OC(=O)Oc1ccc(C)cc1. The number of esters is 3. The van der Waals surface area contributed by atoms with Crippen molar-refractivity contribution in [2.45, 2.75) is 52.4 Å². The van der Waals surface area contributed by atoms with Gasteiger partial charge >= 0.3 is 24.1 Å². The van der Waals surface area contributed by atoms with E-state index >= 15 is 0 Å². The van der Waals surface area contributed by atoms with Crippen LogP contribution in [0.25, 0.3) is 0 Å². The molecule has 4 atom stereocenters. The fraction of sp³-hybridized carbons (Fsp3) is 0.353. The van der Waals surface area contributed by atoms with Crippen molar-refractivity contribution in [2.24, 2.45) is 11.8 Å². The number of aryl methyl sites for hydroxylation is 1. The van der Waals surface area contributed by atoms with Gasteiger partial charge in [0.15, 0.2) is 23.6 Å². The molecule has 1 aromatic heterocycles. The van der Waals surface area contributed by atoms with Crippen LogP contribution in [0.15, 0.2) is 66.9 Å². The number of nitrogens with one attached hydrogen (secondary N) is 1. The highest BCUT2D eigenvalue weighted by atomic mass is 16.7. The molecule has 0 spiro atoms. The number of hydrogen-bond acceptors (Lipinski definition) is 12. The third-order valence-corrected chi connectivity index (χ3v) is 7.18. The standard InChI is InChI=1S/C34H36N2O11/c1-19(2)31(38)46-28-21(4)44-33(40)25(18-43-32(39)24(28)17-22-9-7-6-8-10-22)36-30(37)27-29(26(42-5)15-16-35-27)47-34(41)45-23-13-11-20(3)12-14-23/h6-16,19,21,24-25,28H,17-18H2,1-5H3,(H,36,37). The third-order valence-electron chi connectivity index (χ3n) is 7.18. The first-order valence-corrected chi connectivity index (χ1v) is 14.9. The molecule has 1 saturated heterocycles. The zero-order chi connectivity index (χ0) is 34.1. The van der Waals surface area contributed by atoms with E-state index in [1.807, 2.05) is 13.0 Å². The third kappa shape index (κ3) is 9.06. The van der Waals surface area contributed by atoms with Crippen molar-refractivity contribution >= 4 is 30.0 Å². The second kappa shape index (κ2) is 15.7. The molecule has 248 valence electrons. The van der Waals surface area contributed by atoms with E-state index in [9.17, 15) is 24.0 Å². The highest BCUT2D eigenvalue weighted by Crippen LogP contribution is 2.31. The summed E-state index contributed by atoms with van der Waals surface area (Å²) in [5.41, 5.74) is 1.28. The molecule has 1 fully saturated rings. The predicted octanol–water partition coefficient (Wildman–Crippen LogP) is 3.99. The Balaban J connectivity index is 1.56. The van der Waals surface area contributed by atoms with Crippen molar-refractivity contribution in [3.8, 4) is 17.2 Å². The Kier molecular flexibility index (Phi) is 11.5. The normalized spacial score (nSPS) is 19.6. The molecule has 13 nitrogen and oxygen atoms in total. The van der Waals surface area contributed by atoms with Gasteiger partial charge in [-0.25, -0.2) is 14.6 Å². The number of hydrogen-bond donors (Lipinski definition) is 1. The molecule has 4 unspecified atom stereocenters. The zero-order valence-corrected chi connectivity index (χ0v) is 26.6. The maximum absolute atomic E-state index is 13.5. The number of amides is 1. The summed E-state index contributed by atoms with van der Waals surface area (Å²) in [4.78, 5) is 69.6. The second-order valence-electron chi connectivity index (χ2n) is 11.1. The molecule has 13 heteroatoms. The monoisotopic (exact) mass is 648 g/mol. The van der Waals surface area contributed by atoms with Gasteiger partial charge in [0.25, 0.3) is 5.91 Å². The number of carbonyl (C=O) groups is 5. The van der Waals surface area contributed by atoms with E-state index in [4.69, 9.17) is 28.4 Å². The lowest BCUT2D eigenvalue weighted by Gasteiger charge is -2.29. The van der Waals surface area contributed by atoms with E-state index in [0.717, 1.165) is 11.1 Å². The van der Waals surface area contributed by atoms with Crippen molar-refractivity contribution in [1.29, 1.82) is 0 Å². The Morgan fingerprint density at radius 2 is 1.68 bits per heavy atom. The van der Waals surface area contributed by atoms with Crippen molar-refractivity contribution in [1.82, 2.24) is 10.3 Å². The van der Waals surface area contributed by atoms with Crippen molar-refractivity contribution in [3.05, 3.63) is 83.7 Å². The average molecular weight is 649 g/mol. The molecule has 1 amide bonds. The van der Waals surface area contributed by atoms with Crippen molar-refractivity contribution in [3.63, 3.8) is 0 Å². The summed E-state index contributed by atoms with van der Waals surface area (Å²) in [6.45, 7) is 6.02. The molecule has 0 radical (unpaired) electrons. The van der Waals surface area contributed by atoms with E-state index in [-0.39, 0.29) is 23.7 Å². The van der Waals surface area contributed by atoms with Crippen LogP contribution in [-0.4, -0.2) is 66.9 Å². The number of cyclic esters (lactones) is 2. The number of pyridine rings is 1. The van der Waals surface area contributed by atoms with E-state index < -0.39 is 72.4 Å². The molecule has 47 heavy (non-hydrogen) atoms. The van der Waals surface area contributed by atoms with Gasteiger partial charge in [-0.1, -0.05) is 61.9 Å². The summed E-state index contributed by atoms with van der Waals surface area (Å²) < 4.78 is 32.6. The maximum Gasteiger partial charge on any atom is 0.519 e. The minimum Gasteiger partial charge on any atom is -0.493 e. The molecule has 1 aliphatic heterocycles. The largest absolute Gasteiger partial charge is 0.519 e. The summed E-state index contributed by atoms with van der Waals surface area (Å²) in [5, 5.41) is 2.43. The minimum atomic E-state index is -1.51. The van der Waals surface area contributed by atoms with Gasteiger partial charge in [0.1, 0.15) is 24.4 Å². The van der Waals surface area contributed by atoms with Crippen LogP contribution >= 0.6 is 0 Å². The number of carbonyl (C=O) groups excluding carboxylic acids is 5. The summed E-state index contributed by atoms with van der Waals surface area (Å²) in [7, 11) is 1.29. The first kappa shape index (κ1) is 34.4. The van der Waals surface area contributed by atoms with Crippen LogP contribution in [0.4, 0.5) is 4.79 Å². The van der Waals surface area contributed by atoms with Crippen LogP contribution in [-0.2, 0) is 35.0 Å². The van der Waals surface area contributed by atoms with E-state index in [1.54, 1.807) is 62.4 Å². The summed E-state index contributed by atoms with van der Waals surface area (Å²) >= 11 is 0. The number of nitrogens with zero attached hydrogens (tertiary/aromatic N) is 1. The fourth-order valence-corrected chi connectivity index (χ4v) is 4.64. The Morgan fingerprint density at radius 3 is 2.34 bits per heavy atom. The summed E-state index contributed by atoms with van der Waals surface area (Å²) in [6.07, 6.45) is -2.10. The van der Waals surface area contributed by atoms with Crippen LogP contribution in [0, 0.1) is 18.8 Å². The van der Waals surface area contributed by atoms with Gasteiger partial charge in [0.2, 0.25) is 5.75 Å². The molecule has 0 saturated carbocycles. The lowest BCUT2D eigenvalue weighted by Crippen LogP contribution is -2.47. The molecule has 3 aromatic rings. The molecular formula is C34H36N2O11. The number of aromatic nitrogens is 1. The Morgan fingerprint density at radius 1 is 0.979 bits per heavy atom. The molecule has 1 N–H and O–H groups in total. The Bertz CT molecular complexity index is 1590. The molecule has 2 aromatic carbocycles. The maximum atomic E-state index is 13.5. The Labute approximate surface area is 271 Å². The molecule has 1 aliphatic rings. The molecule has 0 bridgehead atoms. The molecule has 0 aliphatic carbocycles. The minimum absolute atomic E-state index is 0.0262. The van der Waals surface area contributed by atoms with E-state index in [0.29, 0.717) is 0 Å². The van der Waals surface area contributed by atoms with Crippen LogP contribution in [0.3, 0.4) is 0 Å². The highest BCUT2D eigenvalue weighted by Gasteiger charge is 2.42. The quantitative estimate of drug-likeness (QED) is 0.202. The number of rotatable bonds is 9. The van der Waals surface area contributed by atoms with Gasteiger partial charge in [0, 0.05) is 12.3 Å². The van der Waals surface area contributed by atoms with E-state index in [2.05, 4.69) is 10.3 Å². The van der Waals surface area contributed by atoms with Crippen LogP contribution in [0.2, 0.25) is 0 Å². The van der Waals surface area contributed by atoms with Gasteiger partial charge in [-0.05, 0) is 38.0 Å². The van der Waals surface area contributed by atoms with Gasteiger partial charge < -0.3 is 33.7 Å². The first-order chi connectivity index (χ1) is 22.5. The highest BCUT2D eigenvalue weighted by molar-refractivity contribution is 5.98. The first-order valence-electron chi connectivity index (χ1n) is 14.9. The Hall–Kier alpha value is -5.46. The molecular weight excluding hydrogens is 612 g/mol. The second-order valence-corrected chi connectivity index (χ2v) is 11.1. The summed E-state index contributed by atoms with van der Waals surface area (Å²) in [6, 6.07) is 15.5. The fourth-order valence-electron chi connectivity index (χ4n) is 4.64.